The molecule has 2 rings (SSSR count). The van der Waals surface area contributed by atoms with Gasteiger partial charge < -0.3 is 4.42 Å². The molecule has 0 bridgehead atoms. The lowest BCUT2D eigenvalue weighted by atomic mass is 10.1. The van der Waals surface area contributed by atoms with Gasteiger partial charge in [0.05, 0.1) is 0 Å². The summed E-state index contributed by atoms with van der Waals surface area (Å²) in [6.45, 7) is 2.08. The fraction of sp³-hybridized carbons (Fsp3) is 0.273. The van der Waals surface area contributed by atoms with Crippen molar-refractivity contribution in [2.24, 2.45) is 0 Å². The van der Waals surface area contributed by atoms with Crippen molar-refractivity contribution in [2.75, 3.05) is 0 Å². The number of H-pyrrole nitrogens is 1. The molecule has 0 atom stereocenters. The Labute approximate surface area is 93.1 Å². The van der Waals surface area contributed by atoms with Crippen LogP contribution in [0.15, 0.2) is 28.7 Å². The number of benzene rings is 1. The van der Waals surface area contributed by atoms with E-state index < -0.39 is 0 Å². The number of hydrogen-bond acceptors (Lipinski definition) is 3. The van der Waals surface area contributed by atoms with Crippen LogP contribution in [0.3, 0.4) is 0 Å². The number of aromatic nitrogens is 2. The summed E-state index contributed by atoms with van der Waals surface area (Å²) in [4.78, 5) is 0.342. The highest BCUT2D eigenvalue weighted by Gasteiger charge is 2.00. The van der Waals surface area contributed by atoms with Crippen LogP contribution in [0.4, 0.5) is 0 Å². The summed E-state index contributed by atoms with van der Waals surface area (Å²) >= 11 is 4.80. The molecule has 0 aliphatic carbocycles. The summed E-state index contributed by atoms with van der Waals surface area (Å²) in [5, 5.41) is 6.56. The summed E-state index contributed by atoms with van der Waals surface area (Å²) in [5.41, 5.74) is 2.56. The molecule has 15 heavy (non-hydrogen) atoms. The first kappa shape index (κ1) is 10.1. The number of aryl methyl sites for hydroxylation is 3. The largest absolute Gasteiger partial charge is 0.414 e. The first-order chi connectivity index (χ1) is 7.24. The maximum Gasteiger partial charge on any atom is 0.284 e. The predicted octanol–water partition coefficient (Wildman–Crippen LogP) is 2.83. The van der Waals surface area contributed by atoms with Crippen LogP contribution in [0, 0.1) is 11.8 Å². The Bertz CT molecular complexity index is 484. The summed E-state index contributed by atoms with van der Waals surface area (Å²) < 4.78 is 5.18. The zero-order chi connectivity index (χ0) is 10.7. The van der Waals surface area contributed by atoms with E-state index in [0.29, 0.717) is 10.7 Å². The van der Waals surface area contributed by atoms with Gasteiger partial charge in [-0.15, -0.1) is 5.10 Å². The monoisotopic (exact) mass is 220 g/mol. The number of aromatic amines is 1. The highest BCUT2D eigenvalue weighted by Crippen LogP contribution is 2.07. The third kappa shape index (κ3) is 2.76. The molecular weight excluding hydrogens is 208 g/mol. The predicted molar refractivity (Wildman–Crippen MR) is 60.3 cm³/mol. The topological polar surface area (TPSA) is 41.8 Å². The molecule has 3 nitrogen and oxygen atoms in total. The minimum Gasteiger partial charge on any atom is -0.414 e. The second kappa shape index (κ2) is 4.40. The summed E-state index contributed by atoms with van der Waals surface area (Å²) in [6.07, 6.45) is 1.69. The zero-order valence-electron chi connectivity index (χ0n) is 8.49. The molecule has 0 fully saturated rings. The van der Waals surface area contributed by atoms with Crippen LogP contribution in [0.1, 0.15) is 17.0 Å². The van der Waals surface area contributed by atoms with Crippen molar-refractivity contribution in [2.45, 2.75) is 19.8 Å². The first-order valence-electron chi connectivity index (χ1n) is 4.84. The van der Waals surface area contributed by atoms with E-state index in [0.717, 1.165) is 12.8 Å². The Morgan fingerprint density at radius 2 is 2.00 bits per heavy atom. The van der Waals surface area contributed by atoms with Gasteiger partial charge in [0.1, 0.15) is 0 Å². The standard InChI is InChI=1S/C11H12N2OS/c1-8-2-4-9(5-3-8)6-7-10-12-13-11(15)14-10/h2-5H,6-7H2,1H3,(H,13,15). The lowest BCUT2D eigenvalue weighted by molar-refractivity contribution is 0.480. The molecule has 0 amide bonds. The molecule has 1 aromatic carbocycles. The fourth-order valence-electron chi connectivity index (χ4n) is 1.37. The van der Waals surface area contributed by atoms with E-state index in [4.69, 9.17) is 16.6 Å². The number of nitrogens with zero attached hydrogens (tertiary/aromatic N) is 1. The van der Waals surface area contributed by atoms with Crippen molar-refractivity contribution >= 4 is 12.2 Å². The number of nitrogens with one attached hydrogen (secondary N) is 1. The molecule has 1 aromatic heterocycles. The zero-order valence-corrected chi connectivity index (χ0v) is 9.30. The van der Waals surface area contributed by atoms with E-state index in [-0.39, 0.29) is 0 Å². The average Bonchev–Trinajstić information content (AvgIpc) is 2.64. The normalized spacial score (nSPS) is 10.5. The molecule has 4 heteroatoms. The van der Waals surface area contributed by atoms with Gasteiger partial charge in [0.15, 0.2) is 0 Å². The Morgan fingerprint density at radius 3 is 2.60 bits per heavy atom. The van der Waals surface area contributed by atoms with E-state index >= 15 is 0 Å². The van der Waals surface area contributed by atoms with Crippen LogP contribution >= 0.6 is 12.2 Å². The molecule has 0 spiro atoms. The minimum absolute atomic E-state index is 0.342. The van der Waals surface area contributed by atoms with Gasteiger partial charge >= 0.3 is 0 Å². The van der Waals surface area contributed by atoms with Gasteiger partial charge in [-0.25, -0.2) is 5.10 Å². The maximum absolute atomic E-state index is 5.18. The lowest BCUT2D eigenvalue weighted by Gasteiger charge is -1.98. The van der Waals surface area contributed by atoms with Gasteiger partial charge in [0.25, 0.3) is 4.84 Å². The van der Waals surface area contributed by atoms with E-state index in [1.165, 1.54) is 11.1 Å². The fourth-order valence-corrected chi connectivity index (χ4v) is 1.52. The summed E-state index contributed by atoms with van der Waals surface area (Å²) in [7, 11) is 0. The molecule has 0 saturated heterocycles. The molecule has 1 N–H and O–H groups in total. The Balaban J connectivity index is 1.99. The van der Waals surface area contributed by atoms with Crippen LogP contribution in [-0.4, -0.2) is 10.2 Å². The molecule has 78 valence electrons. The van der Waals surface area contributed by atoms with Gasteiger partial charge in [-0.1, -0.05) is 29.8 Å². The van der Waals surface area contributed by atoms with Crippen molar-refractivity contribution in [3.05, 3.63) is 46.1 Å². The van der Waals surface area contributed by atoms with Crippen LogP contribution < -0.4 is 0 Å². The number of hydrogen-bond donors (Lipinski definition) is 1. The van der Waals surface area contributed by atoms with Crippen molar-refractivity contribution in [1.82, 2.24) is 10.2 Å². The van der Waals surface area contributed by atoms with Crippen molar-refractivity contribution < 1.29 is 4.42 Å². The average molecular weight is 220 g/mol. The van der Waals surface area contributed by atoms with E-state index in [1.54, 1.807) is 0 Å². The smallest absolute Gasteiger partial charge is 0.284 e. The van der Waals surface area contributed by atoms with Gasteiger partial charge in [-0.3, -0.25) is 0 Å². The van der Waals surface area contributed by atoms with E-state index in [1.807, 2.05) is 0 Å². The molecule has 1 heterocycles. The van der Waals surface area contributed by atoms with E-state index in [2.05, 4.69) is 41.4 Å². The van der Waals surface area contributed by atoms with Crippen LogP contribution in [-0.2, 0) is 12.8 Å². The van der Waals surface area contributed by atoms with Crippen LogP contribution in [0.25, 0.3) is 0 Å². The lowest BCUT2D eigenvalue weighted by Crippen LogP contribution is -1.91. The van der Waals surface area contributed by atoms with Gasteiger partial charge in [-0.05, 0) is 31.1 Å². The summed E-state index contributed by atoms with van der Waals surface area (Å²) in [5.74, 6) is 0.667. The van der Waals surface area contributed by atoms with E-state index in [9.17, 15) is 0 Å². The Kier molecular flexibility index (Phi) is 2.97. The van der Waals surface area contributed by atoms with Gasteiger partial charge in [-0.2, -0.15) is 0 Å². The summed E-state index contributed by atoms with van der Waals surface area (Å²) in [6, 6.07) is 8.46. The van der Waals surface area contributed by atoms with Gasteiger partial charge in [0.2, 0.25) is 5.89 Å². The van der Waals surface area contributed by atoms with Crippen molar-refractivity contribution in [1.29, 1.82) is 0 Å². The second-order valence-corrected chi connectivity index (χ2v) is 3.86. The minimum atomic E-state index is 0.342. The molecule has 2 aromatic rings. The third-order valence-electron chi connectivity index (χ3n) is 2.23. The third-order valence-corrected chi connectivity index (χ3v) is 2.41. The molecule has 0 unspecified atom stereocenters. The van der Waals surface area contributed by atoms with Crippen LogP contribution in [0.5, 0.6) is 0 Å². The molecule has 0 aliphatic rings. The molecular formula is C11H12N2OS. The van der Waals surface area contributed by atoms with Crippen molar-refractivity contribution in [3.8, 4) is 0 Å². The molecule has 0 saturated carbocycles. The SMILES string of the molecule is Cc1ccc(CCc2n[nH]c(=S)o2)cc1. The number of rotatable bonds is 3. The maximum atomic E-state index is 5.18. The van der Waals surface area contributed by atoms with Crippen LogP contribution in [0.2, 0.25) is 0 Å². The Morgan fingerprint density at radius 1 is 1.27 bits per heavy atom. The highest BCUT2D eigenvalue weighted by molar-refractivity contribution is 7.71. The highest BCUT2D eigenvalue weighted by atomic mass is 32.1. The van der Waals surface area contributed by atoms with Gasteiger partial charge in [0, 0.05) is 6.42 Å². The molecule has 0 radical (unpaired) electrons. The first-order valence-corrected chi connectivity index (χ1v) is 5.25. The Hall–Kier alpha value is -1.42. The quantitative estimate of drug-likeness (QED) is 0.809. The molecule has 0 aliphatic heterocycles. The van der Waals surface area contributed by atoms with Crippen molar-refractivity contribution in [3.63, 3.8) is 0 Å². The second-order valence-electron chi connectivity index (χ2n) is 3.49.